The lowest BCUT2D eigenvalue weighted by atomic mass is 10.1. The zero-order valence-corrected chi connectivity index (χ0v) is 20.5. The molecular weight excluding hydrogens is 466 g/mol. The van der Waals surface area contributed by atoms with Crippen LogP contribution in [0.1, 0.15) is 44.5 Å². The predicted octanol–water partition coefficient (Wildman–Crippen LogP) is 4.64. The third-order valence-corrected chi connectivity index (χ3v) is 6.66. The molecule has 0 radical (unpaired) electrons. The van der Waals surface area contributed by atoms with Crippen molar-refractivity contribution in [2.45, 2.75) is 26.8 Å². The lowest BCUT2D eigenvalue weighted by molar-refractivity contribution is 0.0505. The Morgan fingerprint density at radius 1 is 1.11 bits per heavy atom. The van der Waals surface area contributed by atoms with E-state index < -0.39 is 0 Å². The Kier molecular flexibility index (Phi) is 7.26. The van der Waals surface area contributed by atoms with E-state index in [1.165, 1.54) is 29.3 Å². The average Bonchev–Trinajstić information content (AvgIpc) is 3.22. The second kappa shape index (κ2) is 10.5. The van der Waals surface area contributed by atoms with Crippen LogP contribution in [0.15, 0.2) is 59.7 Å². The first-order valence-electron chi connectivity index (χ1n) is 11.1. The molecule has 0 atom stereocenters. The van der Waals surface area contributed by atoms with E-state index in [0.717, 1.165) is 12.0 Å². The van der Waals surface area contributed by atoms with Crippen molar-refractivity contribution in [3.05, 3.63) is 86.8 Å². The molecule has 35 heavy (non-hydrogen) atoms. The van der Waals surface area contributed by atoms with Gasteiger partial charge in [-0.3, -0.25) is 14.2 Å². The van der Waals surface area contributed by atoms with Gasteiger partial charge in [0.05, 0.1) is 48.1 Å². The second-order valence-electron chi connectivity index (χ2n) is 7.90. The molecule has 2 aromatic carbocycles. The molecule has 0 saturated heterocycles. The second-order valence-corrected chi connectivity index (χ2v) is 8.90. The van der Waals surface area contributed by atoms with Gasteiger partial charge >= 0.3 is 5.97 Å². The van der Waals surface area contributed by atoms with Gasteiger partial charge in [-0.1, -0.05) is 31.2 Å². The van der Waals surface area contributed by atoms with E-state index in [-0.39, 0.29) is 24.0 Å². The van der Waals surface area contributed by atoms with Gasteiger partial charge in [-0.15, -0.1) is 11.3 Å². The maximum Gasteiger partial charge on any atom is 0.338 e. The third kappa shape index (κ3) is 5.09. The summed E-state index contributed by atoms with van der Waals surface area (Å²) in [6.45, 7) is 4.34. The van der Waals surface area contributed by atoms with Crippen LogP contribution in [0, 0.1) is 6.92 Å². The zero-order valence-electron chi connectivity index (χ0n) is 19.7. The Morgan fingerprint density at radius 2 is 1.86 bits per heavy atom. The highest BCUT2D eigenvalue weighted by atomic mass is 32.1. The van der Waals surface area contributed by atoms with Gasteiger partial charge in [-0.05, 0) is 48.7 Å². The van der Waals surface area contributed by atoms with Crippen molar-refractivity contribution in [3.8, 4) is 5.75 Å². The highest BCUT2D eigenvalue weighted by Gasteiger charge is 2.20. The molecule has 0 spiro atoms. The number of amides is 1. The minimum Gasteiger partial charge on any atom is -0.495 e. The Bertz CT molecular complexity index is 1440. The van der Waals surface area contributed by atoms with Gasteiger partial charge in [-0.2, -0.15) is 0 Å². The molecule has 1 amide bonds. The Morgan fingerprint density at radius 3 is 2.57 bits per heavy atom. The number of carbonyl (C=O) groups excluding carboxylic acids is 2. The Hall–Kier alpha value is -3.98. The van der Waals surface area contributed by atoms with Crippen molar-refractivity contribution in [1.82, 2.24) is 9.55 Å². The maximum absolute atomic E-state index is 13.2. The van der Waals surface area contributed by atoms with Crippen molar-refractivity contribution >= 4 is 39.1 Å². The molecule has 0 aliphatic carbocycles. The van der Waals surface area contributed by atoms with E-state index in [2.05, 4.69) is 10.3 Å². The lowest BCUT2D eigenvalue weighted by Gasteiger charge is -2.09. The standard InChI is InChI=1S/C26H25N3O5S/c1-4-13-34-26(32)18-11-9-17(10-12-18)14-29-15-27-24-21(25(29)31)16(2)22(35-24)23(30)28-19-7-5-6-8-20(19)33-3/h5-12,15H,4,13-14H2,1-3H3,(H,28,30). The fraction of sp³-hybridized carbons (Fsp3) is 0.231. The summed E-state index contributed by atoms with van der Waals surface area (Å²) in [6, 6.07) is 14.1. The minimum absolute atomic E-state index is 0.230. The van der Waals surface area contributed by atoms with Crippen molar-refractivity contribution in [3.63, 3.8) is 0 Å². The first kappa shape index (κ1) is 24.2. The van der Waals surface area contributed by atoms with Crippen molar-refractivity contribution in [2.24, 2.45) is 0 Å². The normalized spacial score (nSPS) is 10.8. The number of fused-ring (bicyclic) bond motifs is 1. The molecule has 2 aromatic heterocycles. The fourth-order valence-electron chi connectivity index (χ4n) is 3.64. The summed E-state index contributed by atoms with van der Waals surface area (Å²) in [7, 11) is 1.54. The summed E-state index contributed by atoms with van der Waals surface area (Å²) < 4.78 is 11.9. The van der Waals surface area contributed by atoms with Crippen LogP contribution in [-0.2, 0) is 11.3 Å². The number of methoxy groups -OCH3 is 1. The molecule has 0 fully saturated rings. The van der Waals surface area contributed by atoms with E-state index in [1.54, 1.807) is 49.4 Å². The number of esters is 1. The van der Waals surface area contributed by atoms with Crippen LogP contribution < -0.4 is 15.6 Å². The summed E-state index contributed by atoms with van der Waals surface area (Å²) in [5.41, 5.74) is 2.19. The monoisotopic (exact) mass is 491 g/mol. The number of para-hydroxylation sites is 2. The number of carbonyl (C=O) groups is 2. The molecule has 180 valence electrons. The number of aromatic nitrogens is 2. The van der Waals surface area contributed by atoms with E-state index in [1.807, 2.05) is 13.0 Å². The number of hydrogen-bond acceptors (Lipinski definition) is 7. The topological polar surface area (TPSA) is 99.5 Å². The minimum atomic E-state index is -0.369. The largest absolute Gasteiger partial charge is 0.495 e. The molecule has 0 unspecified atom stereocenters. The van der Waals surface area contributed by atoms with Gasteiger partial charge in [0, 0.05) is 0 Å². The number of anilines is 1. The lowest BCUT2D eigenvalue weighted by Crippen LogP contribution is -2.21. The number of ether oxygens (including phenoxy) is 2. The van der Waals surface area contributed by atoms with Gasteiger partial charge in [0.25, 0.3) is 11.5 Å². The molecule has 0 aliphatic rings. The molecule has 0 bridgehead atoms. The van der Waals surface area contributed by atoms with E-state index in [4.69, 9.17) is 9.47 Å². The summed E-state index contributed by atoms with van der Waals surface area (Å²) >= 11 is 1.18. The molecule has 1 N–H and O–H groups in total. The quantitative estimate of drug-likeness (QED) is 0.361. The van der Waals surface area contributed by atoms with Crippen LogP contribution >= 0.6 is 11.3 Å². The van der Waals surface area contributed by atoms with Crippen LogP contribution in [0.25, 0.3) is 10.2 Å². The Balaban J connectivity index is 1.58. The van der Waals surface area contributed by atoms with Gasteiger partial charge in [0.1, 0.15) is 10.6 Å². The van der Waals surface area contributed by atoms with E-state index in [9.17, 15) is 14.4 Å². The number of rotatable bonds is 8. The van der Waals surface area contributed by atoms with Crippen molar-refractivity contribution in [1.29, 1.82) is 0 Å². The molecule has 2 heterocycles. The highest BCUT2D eigenvalue weighted by Crippen LogP contribution is 2.29. The number of hydrogen-bond donors (Lipinski definition) is 1. The average molecular weight is 492 g/mol. The van der Waals surface area contributed by atoms with E-state index in [0.29, 0.717) is 44.3 Å². The first-order chi connectivity index (χ1) is 16.9. The summed E-state index contributed by atoms with van der Waals surface area (Å²) in [5.74, 6) is -0.150. The maximum atomic E-state index is 13.2. The summed E-state index contributed by atoms with van der Waals surface area (Å²) in [5, 5.41) is 3.27. The summed E-state index contributed by atoms with van der Waals surface area (Å²) in [4.78, 5) is 43.6. The molecular formula is C26H25N3O5S. The Labute approximate surface area is 206 Å². The van der Waals surface area contributed by atoms with Gasteiger partial charge in [-0.25, -0.2) is 9.78 Å². The number of nitrogens with one attached hydrogen (secondary N) is 1. The molecule has 4 rings (SSSR count). The van der Waals surface area contributed by atoms with Crippen LogP contribution in [0.3, 0.4) is 0 Å². The zero-order chi connectivity index (χ0) is 24.9. The highest BCUT2D eigenvalue weighted by molar-refractivity contribution is 7.20. The predicted molar refractivity (Wildman–Crippen MR) is 136 cm³/mol. The molecule has 8 nitrogen and oxygen atoms in total. The van der Waals surface area contributed by atoms with Gasteiger partial charge in [0.2, 0.25) is 0 Å². The van der Waals surface area contributed by atoms with E-state index >= 15 is 0 Å². The molecule has 0 saturated carbocycles. The number of nitrogens with zero attached hydrogens (tertiary/aromatic N) is 2. The first-order valence-corrected chi connectivity index (χ1v) is 11.9. The summed E-state index contributed by atoms with van der Waals surface area (Å²) in [6.07, 6.45) is 2.24. The smallest absolute Gasteiger partial charge is 0.338 e. The fourth-order valence-corrected chi connectivity index (χ4v) is 4.67. The van der Waals surface area contributed by atoms with Crippen LogP contribution in [0.5, 0.6) is 5.75 Å². The molecule has 9 heteroatoms. The molecule has 4 aromatic rings. The SMILES string of the molecule is CCCOC(=O)c1ccc(Cn2cnc3sc(C(=O)Nc4ccccc4OC)c(C)c3c2=O)cc1. The number of aryl methyl sites for hydroxylation is 1. The van der Waals surface area contributed by atoms with Crippen LogP contribution in [0.4, 0.5) is 5.69 Å². The third-order valence-electron chi connectivity index (χ3n) is 5.46. The number of benzene rings is 2. The number of thiophene rings is 1. The molecule has 0 aliphatic heterocycles. The van der Waals surface area contributed by atoms with Crippen LogP contribution in [0.2, 0.25) is 0 Å². The van der Waals surface area contributed by atoms with Gasteiger partial charge in [0.15, 0.2) is 0 Å². The van der Waals surface area contributed by atoms with Crippen molar-refractivity contribution in [2.75, 3.05) is 19.0 Å². The van der Waals surface area contributed by atoms with Crippen molar-refractivity contribution < 1.29 is 19.1 Å². The van der Waals surface area contributed by atoms with Crippen LogP contribution in [-0.4, -0.2) is 35.1 Å². The van der Waals surface area contributed by atoms with Gasteiger partial charge < -0.3 is 14.8 Å².